The van der Waals surface area contributed by atoms with Crippen molar-refractivity contribution in [3.8, 4) is 11.3 Å². The molecule has 0 saturated carbocycles. The molecule has 0 aliphatic rings. The highest BCUT2D eigenvalue weighted by molar-refractivity contribution is 6.30. The lowest BCUT2D eigenvalue weighted by atomic mass is 10.0. The number of amides is 2. The van der Waals surface area contributed by atoms with Crippen LogP contribution in [0.15, 0.2) is 66.7 Å². The van der Waals surface area contributed by atoms with E-state index in [1.54, 1.807) is 54.6 Å². The number of nitrogens with one attached hydrogen (secondary N) is 1. The first-order chi connectivity index (χ1) is 14.8. The van der Waals surface area contributed by atoms with Crippen molar-refractivity contribution in [2.45, 2.75) is 0 Å². The van der Waals surface area contributed by atoms with Gasteiger partial charge in [0.1, 0.15) is 11.6 Å². The number of halogens is 3. The molecule has 3 aromatic carbocycles. The zero-order valence-electron chi connectivity index (χ0n) is 15.8. The molecule has 0 unspecified atom stereocenters. The van der Waals surface area contributed by atoms with Crippen LogP contribution in [0.1, 0.15) is 20.7 Å². The molecular formula is C23H14ClF2N3O2. The number of rotatable bonds is 4. The molecule has 0 radical (unpaired) electrons. The van der Waals surface area contributed by atoms with Crippen LogP contribution in [0.2, 0.25) is 5.02 Å². The van der Waals surface area contributed by atoms with E-state index in [9.17, 15) is 18.4 Å². The maximum absolute atomic E-state index is 14.2. The van der Waals surface area contributed by atoms with E-state index in [0.29, 0.717) is 27.7 Å². The van der Waals surface area contributed by atoms with Crippen molar-refractivity contribution in [2.24, 2.45) is 5.73 Å². The minimum absolute atomic E-state index is 0.222. The minimum Gasteiger partial charge on any atom is -0.366 e. The zero-order chi connectivity index (χ0) is 22.1. The van der Waals surface area contributed by atoms with Gasteiger partial charge in [-0.05, 0) is 30.3 Å². The Balaban J connectivity index is 1.80. The molecule has 1 aromatic heterocycles. The van der Waals surface area contributed by atoms with Crippen molar-refractivity contribution in [1.29, 1.82) is 0 Å². The van der Waals surface area contributed by atoms with Gasteiger partial charge in [-0.25, -0.2) is 13.8 Å². The molecule has 0 aliphatic heterocycles. The SMILES string of the molecule is NC(=O)c1cc(NC(=O)c2cc(-c3ccc(Cl)cc3)nc3ccccc23)c(F)cc1F. The molecule has 4 aromatic rings. The smallest absolute Gasteiger partial charge is 0.256 e. The van der Waals surface area contributed by atoms with E-state index in [2.05, 4.69) is 10.3 Å². The number of pyridine rings is 1. The van der Waals surface area contributed by atoms with Crippen molar-refractivity contribution in [1.82, 2.24) is 4.98 Å². The van der Waals surface area contributed by atoms with E-state index in [4.69, 9.17) is 17.3 Å². The van der Waals surface area contributed by atoms with Crippen LogP contribution < -0.4 is 11.1 Å². The Hall–Kier alpha value is -3.84. The third-order valence-corrected chi connectivity index (χ3v) is 4.92. The first-order valence-corrected chi connectivity index (χ1v) is 9.47. The van der Waals surface area contributed by atoms with Crippen LogP contribution in [0.4, 0.5) is 14.5 Å². The molecule has 4 rings (SSSR count). The second-order valence-corrected chi connectivity index (χ2v) is 7.15. The summed E-state index contributed by atoms with van der Waals surface area (Å²) < 4.78 is 28.0. The van der Waals surface area contributed by atoms with Gasteiger partial charge in [-0.2, -0.15) is 0 Å². The number of aromatic nitrogens is 1. The molecule has 2 amide bonds. The molecule has 3 N–H and O–H groups in total. The second-order valence-electron chi connectivity index (χ2n) is 6.71. The number of primary amides is 1. The number of nitrogens with zero attached hydrogens (tertiary/aromatic N) is 1. The van der Waals surface area contributed by atoms with Gasteiger partial charge < -0.3 is 11.1 Å². The molecule has 0 spiro atoms. The Morgan fingerprint density at radius 3 is 2.32 bits per heavy atom. The van der Waals surface area contributed by atoms with Crippen molar-refractivity contribution >= 4 is 40.0 Å². The summed E-state index contributed by atoms with van der Waals surface area (Å²) in [6, 6.07) is 16.8. The zero-order valence-corrected chi connectivity index (χ0v) is 16.6. The van der Waals surface area contributed by atoms with Gasteiger partial charge in [0.2, 0.25) is 0 Å². The molecule has 0 atom stereocenters. The molecule has 0 fully saturated rings. The molecule has 0 saturated heterocycles. The third-order valence-electron chi connectivity index (χ3n) is 4.67. The van der Waals surface area contributed by atoms with Crippen LogP contribution in [-0.2, 0) is 0 Å². The topological polar surface area (TPSA) is 85.1 Å². The fraction of sp³-hybridized carbons (Fsp3) is 0. The summed E-state index contributed by atoms with van der Waals surface area (Å²) in [5, 5.41) is 3.48. The van der Waals surface area contributed by atoms with Gasteiger partial charge in [-0.1, -0.05) is 41.9 Å². The van der Waals surface area contributed by atoms with Gasteiger partial charge in [0.05, 0.1) is 28.0 Å². The number of fused-ring (bicyclic) bond motifs is 1. The molecular weight excluding hydrogens is 424 g/mol. The number of carbonyl (C=O) groups is 2. The average molecular weight is 438 g/mol. The number of hydrogen-bond acceptors (Lipinski definition) is 3. The van der Waals surface area contributed by atoms with E-state index in [0.717, 1.165) is 11.6 Å². The first-order valence-electron chi connectivity index (χ1n) is 9.09. The van der Waals surface area contributed by atoms with Gasteiger partial charge in [-0.3, -0.25) is 9.59 Å². The van der Waals surface area contributed by atoms with Crippen molar-refractivity contribution in [2.75, 3.05) is 5.32 Å². The molecule has 8 heteroatoms. The highest BCUT2D eigenvalue weighted by Gasteiger charge is 2.19. The van der Waals surface area contributed by atoms with Crippen molar-refractivity contribution in [3.63, 3.8) is 0 Å². The van der Waals surface area contributed by atoms with E-state index < -0.39 is 29.0 Å². The molecule has 154 valence electrons. The fourth-order valence-electron chi connectivity index (χ4n) is 3.16. The monoisotopic (exact) mass is 437 g/mol. The molecule has 0 bridgehead atoms. The average Bonchev–Trinajstić information content (AvgIpc) is 2.75. The Kier molecular flexibility index (Phi) is 5.35. The van der Waals surface area contributed by atoms with Crippen LogP contribution in [0.3, 0.4) is 0 Å². The van der Waals surface area contributed by atoms with E-state index >= 15 is 0 Å². The summed E-state index contributed by atoms with van der Waals surface area (Å²) in [7, 11) is 0. The number of para-hydroxylation sites is 1. The number of hydrogen-bond donors (Lipinski definition) is 2. The summed E-state index contributed by atoms with van der Waals surface area (Å²) in [5.41, 5.74) is 6.23. The van der Waals surface area contributed by atoms with Gasteiger partial charge >= 0.3 is 0 Å². The Bertz CT molecular complexity index is 1340. The lowest BCUT2D eigenvalue weighted by Crippen LogP contribution is -2.17. The lowest BCUT2D eigenvalue weighted by Gasteiger charge is -2.12. The number of carbonyl (C=O) groups excluding carboxylic acids is 2. The van der Waals surface area contributed by atoms with Crippen LogP contribution in [-0.4, -0.2) is 16.8 Å². The lowest BCUT2D eigenvalue weighted by molar-refractivity contribution is 0.0992. The van der Waals surface area contributed by atoms with Crippen molar-refractivity contribution in [3.05, 3.63) is 94.5 Å². The highest BCUT2D eigenvalue weighted by Crippen LogP contribution is 2.27. The van der Waals surface area contributed by atoms with Crippen LogP contribution >= 0.6 is 11.6 Å². The largest absolute Gasteiger partial charge is 0.366 e. The van der Waals surface area contributed by atoms with Crippen LogP contribution in [0, 0.1) is 11.6 Å². The third kappa shape index (κ3) is 4.08. The van der Waals surface area contributed by atoms with Gasteiger partial charge in [0, 0.05) is 22.0 Å². The van der Waals surface area contributed by atoms with E-state index in [1.807, 2.05) is 0 Å². The quantitative estimate of drug-likeness (QED) is 0.461. The molecule has 0 aliphatic carbocycles. The predicted octanol–water partition coefficient (Wildman–Crippen LogP) is 5.18. The minimum atomic E-state index is -1.11. The summed E-state index contributed by atoms with van der Waals surface area (Å²) in [4.78, 5) is 29.0. The second kappa shape index (κ2) is 8.12. The fourth-order valence-corrected chi connectivity index (χ4v) is 3.28. The first kappa shape index (κ1) is 20.4. The number of anilines is 1. The van der Waals surface area contributed by atoms with Gasteiger partial charge in [0.25, 0.3) is 11.8 Å². The van der Waals surface area contributed by atoms with Crippen LogP contribution in [0.25, 0.3) is 22.2 Å². The molecule has 1 heterocycles. The maximum Gasteiger partial charge on any atom is 0.256 e. The Morgan fingerprint density at radius 2 is 1.61 bits per heavy atom. The Morgan fingerprint density at radius 1 is 0.903 bits per heavy atom. The molecule has 5 nitrogen and oxygen atoms in total. The summed E-state index contributed by atoms with van der Waals surface area (Å²) in [5.74, 6) is -3.88. The van der Waals surface area contributed by atoms with E-state index in [-0.39, 0.29) is 11.3 Å². The normalized spacial score (nSPS) is 10.8. The van der Waals surface area contributed by atoms with E-state index in [1.165, 1.54) is 0 Å². The standard InChI is InChI=1S/C23H14ClF2N3O2/c24-13-7-5-12(6-8-13)20-9-15(14-3-1-2-4-19(14)28-20)23(31)29-21-10-16(22(27)30)17(25)11-18(21)26/h1-11H,(H2,27,30)(H,29,31). The predicted molar refractivity (Wildman–Crippen MR) is 115 cm³/mol. The summed E-state index contributed by atoms with van der Waals surface area (Å²) in [6.45, 7) is 0. The highest BCUT2D eigenvalue weighted by atomic mass is 35.5. The van der Waals surface area contributed by atoms with Crippen molar-refractivity contribution < 1.29 is 18.4 Å². The summed E-state index contributed by atoms with van der Waals surface area (Å²) in [6.07, 6.45) is 0. The molecule has 31 heavy (non-hydrogen) atoms. The van der Waals surface area contributed by atoms with Gasteiger partial charge in [-0.15, -0.1) is 0 Å². The number of benzene rings is 3. The summed E-state index contributed by atoms with van der Waals surface area (Å²) >= 11 is 5.95. The Labute approximate surface area is 180 Å². The van der Waals surface area contributed by atoms with Gasteiger partial charge in [0.15, 0.2) is 0 Å². The maximum atomic E-state index is 14.2. The number of nitrogens with two attached hydrogens (primary N) is 1. The van der Waals surface area contributed by atoms with Crippen LogP contribution in [0.5, 0.6) is 0 Å².